The first kappa shape index (κ1) is 15.0. The minimum atomic E-state index is 0.179. The van der Waals surface area contributed by atoms with Gasteiger partial charge < -0.3 is 10.2 Å². The van der Waals surface area contributed by atoms with E-state index in [0.29, 0.717) is 19.0 Å². The zero-order valence-electron chi connectivity index (χ0n) is 12.3. The third-order valence-corrected chi connectivity index (χ3v) is 4.11. The van der Waals surface area contributed by atoms with Crippen LogP contribution in [0.4, 0.5) is 0 Å². The number of nitrogens with zero attached hydrogens (tertiary/aromatic N) is 2. The fraction of sp³-hybridized carbons (Fsp3) is 0.625. The number of nitrogens with one attached hydrogen (secondary N) is 1. The largest absolute Gasteiger partial charge is 0.356 e. The highest BCUT2D eigenvalue weighted by Gasteiger charge is 2.19. The molecule has 2 rings (SSSR count). The lowest BCUT2D eigenvalue weighted by Crippen LogP contribution is -2.37. The van der Waals surface area contributed by atoms with Crippen LogP contribution in [0.25, 0.3) is 0 Å². The number of hydrogen-bond acceptors (Lipinski definition) is 3. The second-order valence-corrected chi connectivity index (χ2v) is 5.62. The van der Waals surface area contributed by atoms with Crippen molar-refractivity contribution in [1.82, 2.24) is 15.2 Å². The van der Waals surface area contributed by atoms with Gasteiger partial charge >= 0.3 is 0 Å². The van der Waals surface area contributed by atoms with E-state index in [9.17, 15) is 4.79 Å². The molecule has 1 atom stereocenters. The summed E-state index contributed by atoms with van der Waals surface area (Å²) >= 11 is 0. The van der Waals surface area contributed by atoms with Crippen LogP contribution in [0.3, 0.4) is 0 Å². The molecule has 0 aliphatic carbocycles. The fourth-order valence-corrected chi connectivity index (χ4v) is 2.79. The van der Waals surface area contributed by atoms with Gasteiger partial charge in [-0.3, -0.25) is 9.78 Å². The van der Waals surface area contributed by atoms with Crippen molar-refractivity contribution in [3.63, 3.8) is 0 Å². The zero-order chi connectivity index (χ0) is 14.2. The summed E-state index contributed by atoms with van der Waals surface area (Å²) in [6.45, 7) is 1.89. The first-order valence-corrected chi connectivity index (χ1v) is 7.61. The van der Waals surface area contributed by atoms with E-state index in [1.54, 1.807) is 12.4 Å². The first-order chi connectivity index (χ1) is 9.75. The Bertz CT molecular complexity index is 407. The maximum Gasteiger partial charge on any atom is 0.220 e. The van der Waals surface area contributed by atoms with Crippen molar-refractivity contribution in [2.24, 2.45) is 0 Å². The highest BCUT2D eigenvalue weighted by atomic mass is 16.1. The van der Waals surface area contributed by atoms with E-state index in [4.69, 9.17) is 0 Å². The lowest BCUT2D eigenvalue weighted by Gasteiger charge is -2.32. The van der Waals surface area contributed by atoms with Gasteiger partial charge in [0.1, 0.15) is 0 Å². The summed E-state index contributed by atoms with van der Waals surface area (Å²) in [7, 11) is 2.17. The van der Waals surface area contributed by atoms with Crippen LogP contribution in [0.1, 0.15) is 37.7 Å². The number of carbonyl (C=O) groups excluding carboxylic acids is 1. The molecule has 1 N–H and O–H groups in total. The van der Waals surface area contributed by atoms with E-state index in [0.717, 1.165) is 12.8 Å². The molecule has 1 aromatic heterocycles. The lowest BCUT2D eigenvalue weighted by atomic mass is 9.98. The Labute approximate surface area is 121 Å². The van der Waals surface area contributed by atoms with E-state index in [2.05, 4.69) is 22.2 Å². The highest BCUT2D eigenvalue weighted by molar-refractivity contribution is 5.75. The second kappa shape index (κ2) is 8.00. The Balaban J connectivity index is 1.60. The third-order valence-electron chi connectivity index (χ3n) is 4.11. The molecular weight excluding hydrogens is 250 g/mol. The van der Waals surface area contributed by atoms with Crippen molar-refractivity contribution in [3.05, 3.63) is 30.1 Å². The summed E-state index contributed by atoms with van der Waals surface area (Å²) in [4.78, 5) is 18.2. The molecule has 1 fully saturated rings. The topological polar surface area (TPSA) is 45.2 Å². The summed E-state index contributed by atoms with van der Waals surface area (Å²) in [6, 6.07) is 4.57. The van der Waals surface area contributed by atoms with Crippen molar-refractivity contribution < 1.29 is 4.79 Å². The van der Waals surface area contributed by atoms with Gasteiger partial charge in [-0.2, -0.15) is 0 Å². The number of pyridine rings is 1. The number of rotatable bonds is 6. The Morgan fingerprint density at radius 1 is 1.40 bits per heavy atom. The third kappa shape index (κ3) is 4.93. The van der Waals surface area contributed by atoms with E-state index in [-0.39, 0.29) is 5.91 Å². The van der Waals surface area contributed by atoms with Gasteiger partial charge in [0.15, 0.2) is 0 Å². The van der Waals surface area contributed by atoms with E-state index < -0.39 is 0 Å². The fourth-order valence-electron chi connectivity index (χ4n) is 2.79. The average Bonchev–Trinajstić information content (AvgIpc) is 2.47. The predicted octanol–water partition coefficient (Wildman–Crippen LogP) is 2.00. The van der Waals surface area contributed by atoms with Crippen molar-refractivity contribution in [1.29, 1.82) is 0 Å². The van der Waals surface area contributed by atoms with Crippen LogP contribution in [-0.2, 0) is 11.2 Å². The number of likely N-dealkylation sites (tertiary alicyclic amines) is 1. The lowest BCUT2D eigenvalue weighted by molar-refractivity contribution is -0.121. The number of amides is 1. The average molecular weight is 275 g/mol. The molecule has 1 aromatic rings. The molecule has 4 heteroatoms. The highest BCUT2D eigenvalue weighted by Crippen LogP contribution is 2.18. The van der Waals surface area contributed by atoms with Crippen LogP contribution in [0.15, 0.2) is 24.5 Å². The second-order valence-electron chi connectivity index (χ2n) is 5.62. The van der Waals surface area contributed by atoms with E-state index in [1.807, 2.05) is 12.1 Å². The molecule has 110 valence electrons. The van der Waals surface area contributed by atoms with Crippen LogP contribution < -0.4 is 5.32 Å². The summed E-state index contributed by atoms with van der Waals surface area (Å²) < 4.78 is 0. The summed E-state index contributed by atoms with van der Waals surface area (Å²) in [5.74, 6) is 0.179. The molecule has 1 aliphatic heterocycles. The zero-order valence-corrected chi connectivity index (χ0v) is 12.3. The van der Waals surface area contributed by atoms with E-state index in [1.165, 1.54) is 31.4 Å². The molecule has 4 nitrogen and oxygen atoms in total. The van der Waals surface area contributed by atoms with Crippen LogP contribution in [0.2, 0.25) is 0 Å². The summed E-state index contributed by atoms with van der Waals surface area (Å²) in [5, 5.41) is 3.01. The molecule has 2 heterocycles. The Hall–Kier alpha value is -1.42. The first-order valence-electron chi connectivity index (χ1n) is 7.61. The number of aromatic nitrogens is 1. The van der Waals surface area contributed by atoms with Crippen LogP contribution in [0, 0.1) is 0 Å². The van der Waals surface area contributed by atoms with Gasteiger partial charge in [-0.05, 0) is 57.0 Å². The summed E-state index contributed by atoms with van der Waals surface area (Å²) in [6.07, 6.45) is 9.91. The van der Waals surface area contributed by atoms with Gasteiger partial charge in [0, 0.05) is 31.4 Å². The molecule has 0 aromatic carbocycles. The molecule has 0 unspecified atom stereocenters. The van der Waals surface area contributed by atoms with Gasteiger partial charge in [0.2, 0.25) is 5.91 Å². The smallest absolute Gasteiger partial charge is 0.220 e. The minimum absolute atomic E-state index is 0.179. The number of hydrogen-bond donors (Lipinski definition) is 1. The van der Waals surface area contributed by atoms with Crippen molar-refractivity contribution in [2.75, 3.05) is 20.1 Å². The summed E-state index contributed by atoms with van der Waals surface area (Å²) in [5.41, 5.74) is 1.22. The molecular formula is C16H25N3O. The normalized spacial score (nSPS) is 19.8. The monoisotopic (exact) mass is 275 g/mol. The predicted molar refractivity (Wildman–Crippen MR) is 80.5 cm³/mol. The Morgan fingerprint density at radius 2 is 2.20 bits per heavy atom. The quantitative estimate of drug-likeness (QED) is 0.863. The molecule has 0 radical (unpaired) electrons. The van der Waals surface area contributed by atoms with E-state index >= 15 is 0 Å². The van der Waals surface area contributed by atoms with Gasteiger partial charge in [-0.1, -0.05) is 6.42 Å². The van der Waals surface area contributed by atoms with Crippen molar-refractivity contribution >= 4 is 5.91 Å². The number of carbonyl (C=O) groups is 1. The Morgan fingerprint density at radius 3 is 2.95 bits per heavy atom. The molecule has 0 bridgehead atoms. The van der Waals surface area contributed by atoms with Gasteiger partial charge in [-0.15, -0.1) is 0 Å². The number of piperidine rings is 1. The van der Waals surface area contributed by atoms with Gasteiger partial charge in [0.25, 0.3) is 0 Å². The maximum atomic E-state index is 11.8. The van der Waals surface area contributed by atoms with Gasteiger partial charge in [-0.25, -0.2) is 0 Å². The molecule has 1 saturated heterocycles. The molecule has 1 aliphatic rings. The SMILES string of the molecule is CN1CCCC[C@@H]1CCC(=O)NCCc1ccncc1. The standard InChI is InChI=1S/C16H25N3O/c1-19-13-3-2-4-15(19)5-6-16(20)18-12-9-14-7-10-17-11-8-14/h7-8,10-11,15H,2-6,9,12-13H2,1H3,(H,18,20)/t15-/m1/s1. The van der Waals surface area contributed by atoms with Crippen molar-refractivity contribution in [3.8, 4) is 0 Å². The van der Waals surface area contributed by atoms with Crippen LogP contribution in [-0.4, -0.2) is 42.0 Å². The molecule has 0 saturated carbocycles. The van der Waals surface area contributed by atoms with Gasteiger partial charge in [0.05, 0.1) is 0 Å². The van der Waals surface area contributed by atoms with Crippen LogP contribution >= 0.6 is 0 Å². The minimum Gasteiger partial charge on any atom is -0.356 e. The maximum absolute atomic E-state index is 11.8. The molecule has 20 heavy (non-hydrogen) atoms. The molecule has 0 spiro atoms. The van der Waals surface area contributed by atoms with Crippen LogP contribution in [0.5, 0.6) is 0 Å². The Kier molecular flexibility index (Phi) is 5.99. The van der Waals surface area contributed by atoms with Crippen molar-refractivity contribution in [2.45, 2.75) is 44.6 Å². The molecule has 1 amide bonds.